The lowest BCUT2D eigenvalue weighted by atomic mass is 10.1. The first-order valence-electron chi connectivity index (χ1n) is 2.96. The van der Waals surface area contributed by atoms with Crippen molar-refractivity contribution in [2.45, 2.75) is 13.0 Å². The van der Waals surface area contributed by atoms with E-state index >= 15 is 0 Å². The van der Waals surface area contributed by atoms with Gasteiger partial charge in [-0.05, 0) is 24.6 Å². The molecule has 56 valence electrons. The fraction of sp³-hybridized carbons (Fsp3) is 0.286. The Balaban J connectivity index is 0.000000810. The predicted molar refractivity (Wildman–Crippen MR) is 47.2 cm³/mol. The summed E-state index contributed by atoms with van der Waals surface area (Å²) >= 11 is 0. The summed E-state index contributed by atoms with van der Waals surface area (Å²) in [5, 5.41) is 0. The molecular formula is C7H11BrN2. The van der Waals surface area contributed by atoms with Crippen LogP contribution in [0.5, 0.6) is 0 Å². The third-order valence-electron chi connectivity index (χ3n) is 1.23. The standard InChI is InChI=1S/C7H10N2.BrH/c1-6(8)7-2-4-9-5-3-7;/h2-6H,8H2,1H3;1H. The van der Waals surface area contributed by atoms with Crippen LogP contribution in [-0.4, -0.2) is 4.98 Å². The highest BCUT2D eigenvalue weighted by atomic mass is 79.9. The van der Waals surface area contributed by atoms with E-state index in [1.165, 1.54) is 0 Å². The molecule has 0 saturated heterocycles. The smallest absolute Gasteiger partial charge is 0.0271 e. The van der Waals surface area contributed by atoms with E-state index in [1.807, 2.05) is 19.1 Å². The lowest BCUT2D eigenvalue weighted by Crippen LogP contribution is -2.04. The van der Waals surface area contributed by atoms with Gasteiger partial charge in [0.2, 0.25) is 0 Å². The van der Waals surface area contributed by atoms with Gasteiger partial charge in [0.15, 0.2) is 0 Å². The maximum absolute atomic E-state index is 5.59. The summed E-state index contributed by atoms with van der Waals surface area (Å²) in [6.45, 7) is 1.95. The minimum atomic E-state index is 0. The molecule has 1 aromatic heterocycles. The van der Waals surface area contributed by atoms with Crippen molar-refractivity contribution >= 4 is 17.0 Å². The van der Waals surface area contributed by atoms with Gasteiger partial charge >= 0.3 is 0 Å². The van der Waals surface area contributed by atoms with Crippen LogP contribution in [0, 0.1) is 0 Å². The Hall–Kier alpha value is -0.410. The van der Waals surface area contributed by atoms with E-state index < -0.39 is 0 Å². The van der Waals surface area contributed by atoms with Gasteiger partial charge in [0, 0.05) is 18.4 Å². The quantitative estimate of drug-likeness (QED) is 0.754. The first-order valence-corrected chi connectivity index (χ1v) is 2.96. The van der Waals surface area contributed by atoms with Gasteiger partial charge in [-0.25, -0.2) is 0 Å². The molecule has 0 aliphatic heterocycles. The second-order valence-electron chi connectivity index (χ2n) is 2.07. The molecule has 2 nitrogen and oxygen atoms in total. The zero-order chi connectivity index (χ0) is 6.69. The highest BCUT2D eigenvalue weighted by Crippen LogP contribution is 2.05. The largest absolute Gasteiger partial charge is 0.324 e. The Kier molecular flexibility index (Phi) is 4.23. The molecular weight excluding hydrogens is 192 g/mol. The number of pyridine rings is 1. The van der Waals surface area contributed by atoms with Crippen LogP contribution in [0.2, 0.25) is 0 Å². The molecule has 1 atom stereocenters. The number of nitrogens with two attached hydrogens (primary N) is 1. The Morgan fingerprint density at radius 2 is 1.90 bits per heavy atom. The molecule has 0 radical (unpaired) electrons. The third-order valence-corrected chi connectivity index (χ3v) is 1.23. The Morgan fingerprint density at radius 1 is 1.40 bits per heavy atom. The SMILES string of the molecule is Br.CC(N)c1ccncc1. The summed E-state index contributed by atoms with van der Waals surface area (Å²) in [6.07, 6.45) is 3.50. The molecule has 0 spiro atoms. The number of rotatable bonds is 1. The molecule has 3 heteroatoms. The molecule has 0 aromatic carbocycles. The topological polar surface area (TPSA) is 38.9 Å². The number of nitrogens with zero attached hydrogens (tertiary/aromatic N) is 1. The molecule has 0 saturated carbocycles. The van der Waals surface area contributed by atoms with Gasteiger partial charge in [-0.15, -0.1) is 17.0 Å². The van der Waals surface area contributed by atoms with Crippen LogP contribution in [-0.2, 0) is 0 Å². The number of hydrogen-bond donors (Lipinski definition) is 1. The van der Waals surface area contributed by atoms with Crippen LogP contribution in [0.25, 0.3) is 0 Å². The van der Waals surface area contributed by atoms with E-state index in [4.69, 9.17) is 5.73 Å². The van der Waals surface area contributed by atoms with E-state index in [0.29, 0.717) is 0 Å². The number of hydrogen-bond acceptors (Lipinski definition) is 2. The minimum Gasteiger partial charge on any atom is -0.324 e. The second kappa shape index (κ2) is 4.41. The lowest BCUT2D eigenvalue weighted by Gasteiger charge is -2.01. The zero-order valence-electron chi connectivity index (χ0n) is 5.82. The highest BCUT2D eigenvalue weighted by Gasteiger charge is 1.94. The van der Waals surface area contributed by atoms with Gasteiger partial charge < -0.3 is 5.73 Å². The minimum absolute atomic E-state index is 0. The first-order chi connectivity index (χ1) is 4.30. The van der Waals surface area contributed by atoms with Crippen molar-refractivity contribution in [2.24, 2.45) is 5.73 Å². The van der Waals surface area contributed by atoms with Crippen LogP contribution in [0.15, 0.2) is 24.5 Å². The molecule has 1 aromatic rings. The molecule has 0 fully saturated rings. The van der Waals surface area contributed by atoms with Gasteiger partial charge in [-0.1, -0.05) is 0 Å². The molecule has 1 rings (SSSR count). The van der Waals surface area contributed by atoms with Gasteiger partial charge in [-0.2, -0.15) is 0 Å². The average Bonchev–Trinajstić information content (AvgIpc) is 1.90. The molecule has 1 heterocycles. The summed E-state index contributed by atoms with van der Waals surface area (Å²) < 4.78 is 0. The second-order valence-corrected chi connectivity index (χ2v) is 2.07. The Labute approximate surface area is 71.2 Å². The van der Waals surface area contributed by atoms with Crippen LogP contribution in [0.3, 0.4) is 0 Å². The van der Waals surface area contributed by atoms with Crippen molar-refractivity contribution in [2.75, 3.05) is 0 Å². The average molecular weight is 203 g/mol. The predicted octanol–water partition coefficient (Wildman–Crippen LogP) is 1.68. The van der Waals surface area contributed by atoms with Gasteiger partial charge in [0.05, 0.1) is 0 Å². The van der Waals surface area contributed by atoms with Gasteiger partial charge in [0.25, 0.3) is 0 Å². The summed E-state index contributed by atoms with van der Waals surface area (Å²) in [5.41, 5.74) is 6.72. The van der Waals surface area contributed by atoms with E-state index in [1.54, 1.807) is 12.4 Å². The maximum Gasteiger partial charge on any atom is 0.0271 e. The molecule has 10 heavy (non-hydrogen) atoms. The van der Waals surface area contributed by atoms with Crippen LogP contribution < -0.4 is 5.73 Å². The van der Waals surface area contributed by atoms with E-state index in [9.17, 15) is 0 Å². The molecule has 1 unspecified atom stereocenters. The molecule has 0 bridgehead atoms. The van der Waals surface area contributed by atoms with Crippen LogP contribution in [0.1, 0.15) is 18.5 Å². The van der Waals surface area contributed by atoms with Crippen molar-refractivity contribution in [1.29, 1.82) is 0 Å². The normalized spacial score (nSPS) is 11.8. The Bertz CT molecular complexity index is 174. The van der Waals surface area contributed by atoms with Crippen molar-refractivity contribution < 1.29 is 0 Å². The fourth-order valence-corrected chi connectivity index (χ4v) is 0.667. The van der Waals surface area contributed by atoms with Crippen LogP contribution in [0.4, 0.5) is 0 Å². The number of aromatic nitrogens is 1. The van der Waals surface area contributed by atoms with Crippen LogP contribution >= 0.6 is 17.0 Å². The summed E-state index contributed by atoms with van der Waals surface area (Å²) in [4.78, 5) is 3.87. The lowest BCUT2D eigenvalue weighted by molar-refractivity contribution is 0.815. The summed E-state index contributed by atoms with van der Waals surface area (Å²) in [5.74, 6) is 0. The molecule has 0 amide bonds. The highest BCUT2D eigenvalue weighted by molar-refractivity contribution is 8.93. The monoisotopic (exact) mass is 202 g/mol. The molecule has 0 aliphatic rings. The van der Waals surface area contributed by atoms with E-state index in [2.05, 4.69) is 4.98 Å². The third kappa shape index (κ3) is 2.45. The fourth-order valence-electron chi connectivity index (χ4n) is 0.667. The number of halogens is 1. The van der Waals surface area contributed by atoms with Crippen molar-refractivity contribution in [3.05, 3.63) is 30.1 Å². The summed E-state index contributed by atoms with van der Waals surface area (Å²) in [7, 11) is 0. The van der Waals surface area contributed by atoms with E-state index in [0.717, 1.165) is 5.56 Å². The van der Waals surface area contributed by atoms with Crippen molar-refractivity contribution in [1.82, 2.24) is 4.98 Å². The van der Waals surface area contributed by atoms with E-state index in [-0.39, 0.29) is 23.0 Å². The first kappa shape index (κ1) is 9.59. The van der Waals surface area contributed by atoms with Crippen molar-refractivity contribution in [3.63, 3.8) is 0 Å². The molecule has 2 N–H and O–H groups in total. The van der Waals surface area contributed by atoms with Gasteiger partial charge in [-0.3, -0.25) is 4.98 Å². The maximum atomic E-state index is 5.59. The zero-order valence-corrected chi connectivity index (χ0v) is 7.53. The van der Waals surface area contributed by atoms with Gasteiger partial charge in [0.1, 0.15) is 0 Å². The molecule has 0 aliphatic carbocycles. The van der Waals surface area contributed by atoms with Crippen molar-refractivity contribution in [3.8, 4) is 0 Å². The summed E-state index contributed by atoms with van der Waals surface area (Å²) in [6, 6.07) is 3.96. The Morgan fingerprint density at radius 3 is 2.20 bits per heavy atom.